The third kappa shape index (κ3) is 3.66. The van der Waals surface area contributed by atoms with Gasteiger partial charge >= 0.3 is 0 Å². The molecule has 0 aliphatic carbocycles. The van der Waals surface area contributed by atoms with Crippen molar-refractivity contribution < 1.29 is 0 Å². The van der Waals surface area contributed by atoms with Crippen molar-refractivity contribution in [1.82, 2.24) is 0 Å². The molecule has 138 valence electrons. The molecule has 0 saturated carbocycles. The van der Waals surface area contributed by atoms with Gasteiger partial charge in [0.05, 0.1) is 11.6 Å². The largest absolute Gasteiger partial charge is 0.289 e. The Hall–Kier alpha value is -2.70. The standard InChI is InChI=1S/C25H21BrN2/c1-16(2)25-23-12-17(5-7-20(23)9-10-28-25)3-4-18-11-21-8-6-19(15-27)13-22(21)24(26)14-18/h3-8,11-14,16H,9-10H2,1-2H3. The lowest BCUT2D eigenvalue weighted by Crippen LogP contribution is -2.18. The second kappa shape index (κ2) is 7.73. The van der Waals surface area contributed by atoms with Crippen LogP contribution in [-0.4, -0.2) is 12.3 Å². The third-order valence-corrected chi connectivity index (χ3v) is 5.80. The first-order valence-corrected chi connectivity index (χ1v) is 10.3. The molecule has 1 heterocycles. The van der Waals surface area contributed by atoms with Crippen molar-refractivity contribution in [2.75, 3.05) is 6.54 Å². The number of nitrogens with zero attached hydrogens (tertiary/aromatic N) is 2. The first-order valence-electron chi connectivity index (χ1n) is 9.54. The smallest absolute Gasteiger partial charge is 0.0991 e. The average Bonchev–Trinajstić information content (AvgIpc) is 2.71. The van der Waals surface area contributed by atoms with Crippen molar-refractivity contribution in [3.05, 3.63) is 80.8 Å². The Kier molecular flexibility index (Phi) is 5.15. The van der Waals surface area contributed by atoms with E-state index in [1.807, 2.05) is 18.2 Å². The van der Waals surface area contributed by atoms with E-state index in [9.17, 15) is 0 Å². The van der Waals surface area contributed by atoms with Gasteiger partial charge in [0, 0.05) is 16.7 Å². The van der Waals surface area contributed by atoms with Gasteiger partial charge in [-0.25, -0.2) is 0 Å². The second-order valence-corrected chi connectivity index (χ2v) is 8.33. The van der Waals surface area contributed by atoms with Crippen LogP contribution in [0.2, 0.25) is 0 Å². The van der Waals surface area contributed by atoms with Gasteiger partial charge in [-0.1, -0.05) is 60.1 Å². The number of hydrogen-bond donors (Lipinski definition) is 0. The van der Waals surface area contributed by atoms with Crippen molar-refractivity contribution in [3.8, 4) is 6.07 Å². The van der Waals surface area contributed by atoms with E-state index in [0.29, 0.717) is 11.5 Å². The van der Waals surface area contributed by atoms with Gasteiger partial charge in [-0.2, -0.15) is 5.26 Å². The monoisotopic (exact) mass is 428 g/mol. The first-order chi connectivity index (χ1) is 13.5. The SMILES string of the molecule is CC(C)C1=NCCc2ccc(C=Cc3cc(Br)c4cc(C#N)ccc4c3)cc21. The minimum Gasteiger partial charge on any atom is -0.289 e. The van der Waals surface area contributed by atoms with Gasteiger partial charge in [-0.05, 0) is 75.7 Å². The first kappa shape index (κ1) is 18.7. The van der Waals surface area contributed by atoms with Crippen LogP contribution in [0.5, 0.6) is 0 Å². The lowest BCUT2D eigenvalue weighted by atomic mass is 9.90. The Morgan fingerprint density at radius 1 is 1.04 bits per heavy atom. The van der Waals surface area contributed by atoms with Crippen LogP contribution in [0.1, 0.15) is 41.7 Å². The maximum Gasteiger partial charge on any atom is 0.0991 e. The molecule has 0 fully saturated rings. The van der Waals surface area contributed by atoms with Crippen LogP contribution in [0.3, 0.4) is 0 Å². The van der Waals surface area contributed by atoms with Crippen LogP contribution in [0.15, 0.2) is 58.0 Å². The van der Waals surface area contributed by atoms with Crippen molar-refractivity contribution in [1.29, 1.82) is 5.26 Å². The van der Waals surface area contributed by atoms with E-state index in [0.717, 1.165) is 33.8 Å². The zero-order chi connectivity index (χ0) is 19.7. The molecule has 28 heavy (non-hydrogen) atoms. The van der Waals surface area contributed by atoms with Crippen molar-refractivity contribution in [2.45, 2.75) is 20.3 Å². The fourth-order valence-corrected chi connectivity index (χ4v) is 4.33. The number of halogens is 1. The van der Waals surface area contributed by atoms with E-state index in [2.05, 4.69) is 78.3 Å². The molecule has 1 aliphatic heterocycles. The molecule has 0 saturated heterocycles. The van der Waals surface area contributed by atoms with Gasteiger partial charge < -0.3 is 0 Å². The summed E-state index contributed by atoms with van der Waals surface area (Å²) >= 11 is 3.65. The van der Waals surface area contributed by atoms with Crippen molar-refractivity contribution >= 4 is 44.6 Å². The molecule has 0 radical (unpaired) electrons. The summed E-state index contributed by atoms with van der Waals surface area (Å²) in [6.45, 7) is 5.32. The van der Waals surface area contributed by atoms with Crippen LogP contribution in [0.4, 0.5) is 0 Å². The Labute approximate surface area is 174 Å². The molecule has 0 bridgehead atoms. The van der Waals surface area contributed by atoms with Crippen LogP contribution < -0.4 is 0 Å². The molecule has 3 heteroatoms. The van der Waals surface area contributed by atoms with E-state index in [4.69, 9.17) is 10.3 Å². The number of aliphatic imine (C=N–C) groups is 1. The normalized spacial score (nSPS) is 13.6. The van der Waals surface area contributed by atoms with E-state index in [-0.39, 0.29) is 0 Å². The quantitative estimate of drug-likeness (QED) is 0.430. The van der Waals surface area contributed by atoms with Gasteiger partial charge in [0.1, 0.15) is 0 Å². The third-order valence-electron chi connectivity index (χ3n) is 5.14. The number of nitriles is 1. The van der Waals surface area contributed by atoms with Gasteiger partial charge in [0.25, 0.3) is 0 Å². The summed E-state index contributed by atoms with van der Waals surface area (Å²) in [6, 6.07) is 18.9. The molecular formula is C25H21BrN2. The Balaban J connectivity index is 1.68. The molecule has 0 atom stereocenters. The fourth-order valence-electron chi connectivity index (χ4n) is 3.72. The highest BCUT2D eigenvalue weighted by Crippen LogP contribution is 2.28. The van der Waals surface area contributed by atoms with Gasteiger partial charge in [0.15, 0.2) is 0 Å². The van der Waals surface area contributed by atoms with Crippen LogP contribution in [-0.2, 0) is 6.42 Å². The fraction of sp³-hybridized carbons (Fsp3) is 0.200. The zero-order valence-corrected chi connectivity index (χ0v) is 17.6. The van der Waals surface area contributed by atoms with E-state index >= 15 is 0 Å². The molecule has 0 unspecified atom stereocenters. The van der Waals surface area contributed by atoms with Crippen molar-refractivity contribution in [2.24, 2.45) is 10.9 Å². The maximum absolute atomic E-state index is 9.11. The topological polar surface area (TPSA) is 36.1 Å². The van der Waals surface area contributed by atoms with E-state index in [1.54, 1.807) is 0 Å². The molecule has 0 spiro atoms. The van der Waals surface area contributed by atoms with Gasteiger partial charge in [-0.15, -0.1) is 0 Å². The van der Waals surface area contributed by atoms with Crippen molar-refractivity contribution in [3.63, 3.8) is 0 Å². The highest BCUT2D eigenvalue weighted by molar-refractivity contribution is 9.10. The Morgan fingerprint density at radius 3 is 2.64 bits per heavy atom. The molecule has 0 aromatic heterocycles. The predicted octanol–water partition coefficient (Wildman–Crippen LogP) is 6.65. The maximum atomic E-state index is 9.11. The molecule has 0 N–H and O–H groups in total. The minimum absolute atomic E-state index is 0.438. The Bertz CT molecular complexity index is 1160. The molecule has 2 nitrogen and oxygen atoms in total. The summed E-state index contributed by atoms with van der Waals surface area (Å²) in [4.78, 5) is 4.75. The van der Waals surface area contributed by atoms with E-state index in [1.165, 1.54) is 22.4 Å². The lowest BCUT2D eigenvalue weighted by molar-refractivity contribution is 0.839. The number of rotatable bonds is 3. The molecule has 0 amide bonds. The number of benzene rings is 3. The van der Waals surface area contributed by atoms with Gasteiger partial charge in [-0.3, -0.25) is 4.99 Å². The lowest BCUT2D eigenvalue weighted by Gasteiger charge is -2.20. The van der Waals surface area contributed by atoms with Crippen LogP contribution in [0, 0.1) is 17.2 Å². The van der Waals surface area contributed by atoms with Gasteiger partial charge in [0.2, 0.25) is 0 Å². The molecule has 4 rings (SSSR count). The second-order valence-electron chi connectivity index (χ2n) is 7.47. The molecule has 3 aromatic carbocycles. The summed E-state index contributed by atoms with van der Waals surface area (Å²) < 4.78 is 1.00. The molecule has 1 aliphatic rings. The summed E-state index contributed by atoms with van der Waals surface area (Å²) in [7, 11) is 0. The Morgan fingerprint density at radius 2 is 1.86 bits per heavy atom. The highest BCUT2D eigenvalue weighted by Gasteiger charge is 2.16. The predicted molar refractivity (Wildman–Crippen MR) is 122 cm³/mol. The van der Waals surface area contributed by atoms with Crippen LogP contribution >= 0.6 is 15.9 Å². The zero-order valence-electron chi connectivity index (χ0n) is 16.0. The summed E-state index contributed by atoms with van der Waals surface area (Å²) in [5.41, 5.74) is 6.90. The molecule has 3 aromatic rings. The van der Waals surface area contributed by atoms with E-state index < -0.39 is 0 Å². The molecular weight excluding hydrogens is 408 g/mol. The van der Waals surface area contributed by atoms with Crippen LogP contribution in [0.25, 0.3) is 22.9 Å². The summed E-state index contributed by atoms with van der Waals surface area (Å²) in [5.74, 6) is 0.438. The minimum atomic E-state index is 0.438. The highest BCUT2D eigenvalue weighted by atomic mass is 79.9. The number of hydrogen-bond acceptors (Lipinski definition) is 2. The summed E-state index contributed by atoms with van der Waals surface area (Å²) in [6.07, 6.45) is 5.32. The summed E-state index contributed by atoms with van der Waals surface area (Å²) in [5, 5.41) is 11.3. The average molecular weight is 429 g/mol. The number of fused-ring (bicyclic) bond motifs is 2.